The number of aromatic nitrogens is 2. The van der Waals surface area contributed by atoms with Crippen molar-refractivity contribution >= 4 is 5.57 Å². The molecule has 0 fully saturated rings. The molecule has 0 amide bonds. The molecule has 2 heterocycles. The Balaban J connectivity index is 2.13. The molecule has 2 aromatic heterocycles. The molecule has 0 aliphatic rings. The van der Waals surface area contributed by atoms with Gasteiger partial charge in [0.25, 0.3) is 0 Å². The molecule has 0 spiro atoms. The van der Waals surface area contributed by atoms with E-state index in [0.29, 0.717) is 6.54 Å². The maximum absolute atomic E-state index is 5.67. The number of aryl methyl sites for hydroxylation is 1. The van der Waals surface area contributed by atoms with E-state index in [4.69, 9.17) is 5.73 Å². The van der Waals surface area contributed by atoms with Gasteiger partial charge in [-0.2, -0.15) is 0 Å². The molecule has 27 heavy (non-hydrogen) atoms. The van der Waals surface area contributed by atoms with Gasteiger partial charge in [0.15, 0.2) is 0 Å². The van der Waals surface area contributed by atoms with Crippen LogP contribution in [0.2, 0.25) is 0 Å². The van der Waals surface area contributed by atoms with Crippen LogP contribution in [0.5, 0.6) is 0 Å². The summed E-state index contributed by atoms with van der Waals surface area (Å²) < 4.78 is 0. The molecular formula is C23H30N4. The van der Waals surface area contributed by atoms with Gasteiger partial charge in [0.05, 0.1) is 17.9 Å². The summed E-state index contributed by atoms with van der Waals surface area (Å²) in [5.41, 5.74) is 10.9. The first-order valence-corrected chi connectivity index (χ1v) is 9.46. The van der Waals surface area contributed by atoms with Crippen LogP contribution >= 0.6 is 0 Å². The standard InChI is InChI=1S/C23H30N4/c1-4-21(22-11-5-7-15-25-22)13-12-20(3)27(17-8-6-14-24)18-23-19(2)10-9-16-26-23/h4-5,7,9-13,15-16H,3,6,8,14,17-18,24H2,1-2H3/b13-12-,21-4+. The molecule has 0 saturated heterocycles. The number of hydrogen-bond acceptors (Lipinski definition) is 4. The maximum Gasteiger partial charge on any atom is 0.0698 e. The van der Waals surface area contributed by atoms with Crippen molar-refractivity contribution in [1.82, 2.24) is 14.9 Å². The van der Waals surface area contributed by atoms with Crippen LogP contribution < -0.4 is 5.73 Å². The Morgan fingerprint density at radius 2 is 1.93 bits per heavy atom. The summed E-state index contributed by atoms with van der Waals surface area (Å²) in [5.74, 6) is 0. The zero-order chi connectivity index (χ0) is 19.5. The second-order valence-corrected chi connectivity index (χ2v) is 6.47. The summed E-state index contributed by atoms with van der Waals surface area (Å²) in [6.07, 6.45) is 11.9. The molecule has 142 valence electrons. The Kier molecular flexibility index (Phi) is 8.46. The number of unbranched alkanes of at least 4 members (excludes halogenated alkanes) is 1. The van der Waals surface area contributed by atoms with E-state index in [1.54, 1.807) is 0 Å². The quantitative estimate of drug-likeness (QED) is 0.499. The molecule has 0 aliphatic heterocycles. The zero-order valence-corrected chi connectivity index (χ0v) is 16.4. The Bertz CT molecular complexity index is 778. The summed E-state index contributed by atoms with van der Waals surface area (Å²) in [6, 6.07) is 10.00. The third-order valence-electron chi connectivity index (χ3n) is 4.47. The topological polar surface area (TPSA) is 55.0 Å². The van der Waals surface area contributed by atoms with Crippen molar-refractivity contribution in [2.75, 3.05) is 13.1 Å². The predicted octanol–water partition coefficient (Wildman–Crippen LogP) is 4.50. The van der Waals surface area contributed by atoms with E-state index in [0.717, 1.165) is 48.6 Å². The second-order valence-electron chi connectivity index (χ2n) is 6.47. The van der Waals surface area contributed by atoms with Crippen LogP contribution in [0.1, 0.15) is 36.7 Å². The normalized spacial score (nSPS) is 11.7. The summed E-state index contributed by atoms with van der Waals surface area (Å²) in [4.78, 5) is 11.2. The largest absolute Gasteiger partial charge is 0.366 e. The highest BCUT2D eigenvalue weighted by Gasteiger charge is 2.09. The molecule has 0 radical (unpaired) electrons. The lowest BCUT2D eigenvalue weighted by Gasteiger charge is -2.25. The highest BCUT2D eigenvalue weighted by molar-refractivity contribution is 5.71. The molecule has 4 nitrogen and oxygen atoms in total. The molecule has 2 aromatic rings. The first-order chi connectivity index (χ1) is 13.2. The number of hydrogen-bond donors (Lipinski definition) is 1. The van der Waals surface area contributed by atoms with E-state index in [1.165, 1.54) is 5.56 Å². The monoisotopic (exact) mass is 362 g/mol. The molecule has 2 N–H and O–H groups in total. The Morgan fingerprint density at radius 1 is 1.11 bits per heavy atom. The SMILES string of the molecule is C=C(/C=C\C(=C/C)c1ccccn1)N(CCCCN)Cc1ncccc1C. The van der Waals surface area contributed by atoms with E-state index >= 15 is 0 Å². The fraction of sp³-hybridized carbons (Fsp3) is 0.304. The summed E-state index contributed by atoms with van der Waals surface area (Å²) in [6.45, 7) is 10.8. The molecule has 0 saturated carbocycles. The van der Waals surface area contributed by atoms with Crippen molar-refractivity contribution < 1.29 is 0 Å². The van der Waals surface area contributed by atoms with E-state index < -0.39 is 0 Å². The lowest BCUT2D eigenvalue weighted by Crippen LogP contribution is -2.24. The van der Waals surface area contributed by atoms with Gasteiger partial charge >= 0.3 is 0 Å². The number of rotatable bonds is 10. The van der Waals surface area contributed by atoms with E-state index in [9.17, 15) is 0 Å². The fourth-order valence-electron chi connectivity index (χ4n) is 2.79. The van der Waals surface area contributed by atoms with Gasteiger partial charge in [-0.3, -0.25) is 9.97 Å². The smallest absolute Gasteiger partial charge is 0.0698 e. The first-order valence-electron chi connectivity index (χ1n) is 9.46. The van der Waals surface area contributed by atoms with Crippen LogP contribution in [0.4, 0.5) is 0 Å². The molecule has 2 rings (SSSR count). The first kappa shape index (κ1) is 20.6. The van der Waals surface area contributed by atoms with Crippen LogP contribution in [-0.4, -0.2) is 28.0 Å². The van der Waals surface area contributed by atoms with Crippen LogP contribution in [0.25, 0.3) is 5.57 Å². The third kappa shape index (κ3) is 6.50. The molecule has 0 aromatic carbocycles. The van der Waals surface area contributed by atoms with Crippen LogP contribution in [-0.2, 0) is 6.54 Å². The molecular weight excluding hydrogens is 332 g/mol. The maximum atomic E-state index is 5.67. The lowest BCUT2D eigenvalue weighted by molar-refractivity contribution is 0.335. The lowest BCUT2D eigenvalue weighted by atomic mass is 10.1. The fourth-order valence-corrected chi connectivity index (χ4v) is 2.79. The van der Waals surface area contributed by atoms with Crippen molar-refractivity contribution in [3.8, 4) is 0 Å². The van der Waals surface area contributed by atoms with Gasteiger partial charge in [0, 0.05) is 24.6 Å². The number of nitrogens with two attached hydrogens (primary N) is 1. The molecule has 0 unspecified atom stereocenters. The summed E-state index contributed by atoms with van der Waals surface area (Å²) in [7, 11) is 0. The summed E-state index contributed by atoms with van der Waals surface area (Å²) >= 11 is 0. The van der Waals surface area contributed by atoms with Crippen molar-refractivity contribution in [2.45, 2.75) is 33.2 Å². The molecule has 0 aliphatic carbocycles. The minimum absolute atomic E-state index is 0.709. The molecule has 0 atom stereocenters. The number of nitrogens with zero attached hydrogens (tertiary/aromatic N) is 3. The average Bonchev–Trinajstić information content (AvgIpc) is 2.70. The number of allylic oxidation sites excluding steroid dienone is 4. The third-order valence-corrected chi connectivity index (χ3v) is 4.47. The highest BCUT2D eigenvalue weighted by Crippen LogP contribution is 2.17. The van der Waals surface area contributed by atoms with Crippen molar-refractivity contribution in [1.29, 1.82) is 0 Å². The second kappa shape index (κ2) is 11.1. The average molecular weight is 363 g/mol. The van der Waals surface area contributed by atoms with Gasteiger partial charge in [-0.1, -0.05) is 30.9 Å². The van der Waals surface area contributed by atoms with Gasteiger partial charge in [-0.15, -0.1) is 0 Å². The van der Waals surface area contributed by atoms with E-state index in [1.807, 2.05) is 43.6 Å². The van der Waals surface area contributed by atoms with E-state index in [-0.39, 0.29) is 0 Å². The van der Waals surface area contributed by atoms with Crippen molar-refractivity contribution in [2.24, 2.45) is 5.73 Å². The van der Waals surface area contributed by atoms with Gasteiger partial charge in [-0.25, -0.2) is 0 Å². The van der Waals surface area contributed by atoms with Crippen LogP contribution in [0.3, 0.4) is 0 Å². The minimum atomic E-state index is 0.709. The highest BCUT2D eigenvalue weighted by atomic mass is 15.1. The Labute approximate surface area is 163 Å². The number of pyridine rings is 2. The Hall–Kier alpha value is -2.72. The van der Waals surface area contributed by atoms with Crippen molar-refractivity contribution in [3.63, 3.8) is 0 Å². The van der Waals surface area contributed by atoms with Crippen LogP contribution in [0, 0.1) is 6.92 Å². The van der Waals surface area contributed by atoms with Crippen LogP contribution in [0.15, 0.2) is 73.2 Å². The zero-order valence-electron chi connectivity index (χ0n) is 16.4. The van der Waals surface area contributed by atoms with E-state index in [2.05, 4.69) is 52.7 Å². The minimum Gasteiger partial charge on any atom is -0.366 e. The Morgan fingerprint density at radius 3 is 2.59 bits per heavy atom. The molecule has 4 heteroatoms. The van der Waals surface area contributed by atoms with Gasteiger partial charge in [0.2, 0.25) is 0 Å². The van der Waals surface area contributed by atoms with Gasteiger partial charge < -0.3 is 10.6 Å². The van der Waals surface area contributed by atoms with Gasteiger partial charge in [0.1, 0.15) is 0 Å². The molecule has 0 bridgehead atoms. The predicted molar refractivity (Wildman–Crippen MR) is 114 cm³/mol. The van der Waals surface area contributed by atoms with Crippen molar-refractivity contribution in [3.05, 3.63) is 90.2 Å². The van der Waals surface area contributed by atoms with Gasteiger partial charge in [-0.05, 0) is 68.6 Å². The summed E-state index contributed by atoms with van der Waals surface area (Å²) in [5, 5.41) is 0.